The van der Waals surface area contributed by atoms with Gasteiger partial charge in [0, 0.05) is 39.2 Å². The number of carbonyl (C=O) groups excluding carboxylic acids is 1. The number of rotatable bonds is 1. The molecule has 0 N–H and O–H groups in total. The predicted octanol–water partition coefficient (Wildman–Crippen LogP) is 1.47. The normalized spacial score (nSPS) is 16.4. The molecule has 0 unspecified atom stereocenters. The topological polar surface area (TPSA) is 49.3 Å². The lowest BCUT2D eigenvalue weighted by molar-refractivity contribution is -0.141. The van der Waals surface area contributed by atoms with Gasteiger partial charge in [-0.15, -0.1) is 0 Å². The molecule has 1 fully saturated rings. The third-order valence-corrected chi connectivity index (χ3v) is 3.16. The SMILES string of the molecule is CC(=O)N1CCN(c2cc(C(F)(F)F)nc(C)n2)CC1. The molecule has 1 saturated heterocycles. The van der Waals surface area contributed by atoms with Crippen molar-refractivity contribution >= 4 is 11.7 Å². The molecule has 5 nitrogen and oxygen atoms in total. The third kappa shape index (κ3) is 3.17. The summed E-state index contributed by atoms with van der Waals surface area (Å²) in [5.41, 5.74) is -0.936. The maximum absolute atomic E-state index is 12.7. The lowest BCUT2D eigenvalue weighted by Crippen LogP contribution is -2.48. The molecule has 2 rings (SSSR count). The van der Waals surface area contributed by atoms with Gasteiger partial charge in [-0.2, -0.15) is 13.2 Å². The van der Waals surface area contributed by atoms with Crippen LogP contribution in [0.3, 0.4) is 0 Å². The monoisotopic (exact) mass is 288 g/mol. The van der Waals surface area contributed by atoms with E-state index < -0.39 is 11.9 Å². The molecule has 0 spiro atoms. The van der Waals surface area contributed by atoms with E-state index in [1.165, 1.54) is 13.8 Å². The Hall–Kier alpha value is -1.86. The average molecular weight is 288 g/mol. The molecule has 0 aromatic carbocycles. The van der Waals surface area contributed by atoms with Crippen molar-refractivity contribution < 1.29 is 18.0 Å². The second-order valence-corrected chi connectivity index (χ2v) is 4.65. The first kappa shape index (κ1) is 14.5. The Morgan fingerprint density at radius 3 is 2.30 bits per heavy atom. The Bertz CT molecular complexity index is 510. The zero-order valence-electron chi connectivity index (χ0n) is 11.2. The summed E-state index contributed by atoms with van der Waals surface area (Å²) in [7, 11) is 0. The molecule has 0 aliphatic carbocycles. The van der Waals surface area contributed by atoms with Gasteiger partial charge in [-0.05, 0) is 6.92 Å². The summed E-state index contributed by atoms with van der Waals surface area (Å²) in [6.07, 6.45) is -4.48. The van der Waals surface area contributed by atoms with Gasteiger partial charge >= 0.3 is 6.18 Å². The highest BCUT2D eigenvalue weighted by Crippen LogP contribution is 2.29. The van der Waals surface area contributed by atoms with Crippen molar-refractivity contribution in [3.8, 4) is 0 Å². The van der Waals surface area contributed by atoms with Crippen LogP contribution in [0.4, 0.5) is 19.0 Å². The summed E-state index contributed by atoms with van der Waals surface area (Å²) in [5, 5.41) is 0. The van der Waals surface area contributed by atoms with E-state index in [0.29, 0.717) is 26.2 Å². The molecule has 20 heavy (non-hydrogen) atoms. The Balaban J connectivity index is 2.18. The van der Waals surface area contributed by atoms with Crippen LogP contribution in [0.25, 0.3) is 0 Å². The van der Waals surface area contributed by atoms with E-state index >= 15 is 0 Å². The summed E-state index contributed by atoms with van der Waals surface area (Å²) in [5.74, 6) is 0.316. The molecule has 0 radical (unpaired) electrons. The fourth-order valence-electron chi connectivity index (χ4n) is 2.11. The first-order valence-corrected chi connectivity index (χ1v) is 6.20. The molecule has 0 atom stereocenters. The molecule has 110 valence electrons. The van der Waals surface area contributed by atoms with Crippen LogP contribution in [0.1, 0.15) is 18.4 Å². The lowest BCUT2D eigenvalue weighted by Gasteiger charge is -2.35. The van der Waals surface area contributed by atoms with Crippen molar-refractivity contribution in [2.24, 2.45) is 0 Å². The van der Waals surface area contributed by atoms with E-state index in [9.17, 15) is 18.0 Å². The number of piperazine rings is 1. The van der Waals surface area contributed by atoms with E-state index in [2.05, 4.69) is 9.97 Å². The van der Waals surface area contributed by atoms with Gasteiger partial charge in [0.25, 0.3) is 0 Å². The quantitative estimate of drug-likeness (QED) is 0.785. The van der Waals surface area contributed by atoms with E-state index in [1.54, 1.807) is 9.80 Å². The third-order valence-electron chi connectivity index (χ3n) is 3.16. The summed E-state index contributed by atoms with van der Waals surface area (Å²) in [4.78, 5) is 22.1. The summed E-state index contributed by atoms with van der Waals surface area (Å²) in [6.45, 7) is 4.82. The maximum Gasteiger partial charge on any atom is 0.433 e. The highest BCUT2D eigenvalue weighted by Gasteiger charge is 2.34. The minimum atomic E-state index is -4.48. The zero-order chi connectivity index (χ0) is 14.9. The van der Waals surface area contributed by atoms with Crippen molar-refractivity contribution in [2.75, 3.05) is 31.1 Å². The number of amides is 1. The predicted molar refractivity (Wildman–Crippen MR) is 66.2 cm³/mol. The van der Waals surface area contributed by atoms with Crippen LogP contribution in [0.15, 0.2) is 6.07 Å². The van der Waals surface area contributed by atoms with Gasteiger partial charge in [-0.1, -0.05) is 0 Å². The molecule has 2 heterocycles. The number of halogens is 3. The smallest absolute Gasteiger partial charge is 0.353 e. The summed E-state index contributed by atoms with van der Waals surface area (Å²) >= 11 is 0. The Morgan fingerprint density at radius 1 is 1.20 bits per heavy atom. The van der Waals surface area contributed by atoms with Crippen LogP contribution < -0.4 is 4.90 Å². The number of nitrogens with zero attached hydrogens (tertiary/aromatic N) is 4. The standard InChI is InChI=1S/C12H15F3N4O/c1-8-16-10(12(13,14)15)7-11(17-8)19-5-3-18(4-6-19)9(2)20/h7H,3-6H2,1-2H3. The molecule has 1 aromatic heterocycles. The molecule has 1 aliphatic heterocycles. The second kappa shape index (κ2) is 5.26. The van der Waals surface area contributed by atoms with Crippen molar-refractivity contribution in [3.63, 3.8) is 0 Å². The first-order chi connectivity index (χ1) is 9.27. The number of alkyl halides is 3. The number of aromatic nitrogens is 2. The Labute approximate surface area is 114 Å². The van der Waals surface area contributed by atoms with Crippen LogP contribution in [0.2, 0.25) is 0 Å². The molecule has 0 saturated carbocycles. The molecule has 1 aliphatic rings. The molecular weight excluding hydrogens is 273 g/mol. The van der Waals surface area contributed by atoms with Gasteiger partial charge < -0.3 is 9.80 Å². The molecular formula is C12H15F3N4O. The fourth-order valence-corrected chi connectivity index (χ4v) is 2.11. The molecule has 1 amide bonds. The lowest BCUT2D eigenvalue weighted by atomic mass is 10.3. The van der Waals surface area contributed by atoms with Crippen LogP contribution in [0, 0.1) is 6.92 Å². The van der Waals surface area contributed by atoms with E-state index in [0.717, 1.165) is 6.07 Å². The van der Waals surface area contributed by atoms with Crippen molar-refractivity contribution in [2.45, 2.75) is 20.0 Å². The van der Waals surface area contributed by atoms with Gasteiger partial charge in [0.15, 0.2) is 0 Å². The van der Waals surface area contributed by atoms with E-state index in [-0.39, 0.29) is 17.5 Å². The Kier molecular flexibility index (Phi) is 3.82. The van der Waals surface area contributed by atoms with Gasteiger partial charge in [-0.3, -0.25) is 4.79 Å². The maximum atomic E-state index is 12.7. The van der Waals surface area contributed by atoms with Crippen molar-refractivity contribution in [1.82, 2.24) is 14.9 Å². The molecule has 8 heteroatoms. The first-order valence-electron chi connectivity index (χ1n) is 6.20. The number of aryl methyl sites for hydroxylation is 1. The van der Waals surface area contributed by atoms with Gasteiger partial charge in [0.05, 0.1) is 0 Å². The van der Waals surface area contributed by atoms with E-state index in [1.807, 2.05) is 0 Å². The number of hydrogen-bond acceptors (Lipinski definition) is 4. The fraction of sp³-hybridized carbons (Fsp3) is 0.583. The average Bonchev–Trinajstić information content (AvgIpc) is 2.37. The van der Waals surface area contributed by atoms with Crippen LogP contribution >= 0.6 is 0 Å². The summed E-state index contributed by atoms with van der Waals surface area (Å²) in [6, 6.07) is 0.955. The minimum Gasteiger partial charge on any atom is -0.353 e. The number of hydrogen-bond donors (Lipinski definition) is 0. The zero-order valence-corrected chi connectivity index (χ0v) is 11.2. The largest absolute Gasteiger partial charge is 0.433 e. The second-order valence-electron chi connectivity index (χ2n) is 4.65. The van der Waals surface area contributed by atoms with Crippen molar-refractivity contribution in [1.29, 1.82) is 0 Å². The van der Waals surface area contributed by atoms with Crippen LogP contribution in [0.5, 0.6) is 0 Å². The number of carbonyl (C=O) groups is 1. The molecule has 1 aromatic rings. The molecule has 0 bridgehead atoms. The van der Waals surface area contributed by atoms with Gasteiger partial charge in [-0.25, -0.2) is 9.97 Å². The van der Waals surface area contributed by atoms with Gasteiger partial charge in [0.1, 0.15) is 17.3 Å². The van der Waals surface area contributed by atoms with Crippen LogP contribution in [-0.2, 0) is 11.0 Å². The minimum absolute atomic E-state index is 0.0282. The van der Waals surface area contributed by atoms with E-state index in [4.69, 9.17) is 0 Å². The number of anilines is 1. The Morgan fingerprint density at radius 2 is 1.80 bits per heavy atom. The van der Waals surface area contributed by atoms with Gasteiger partial charge in [0.2, 0.25) is 5.91 Å². The van der Waals surface area contributed by atoms with Crippen LogP contribution in [-0.4, -0.2) is 47.0 Å². The highest BCUT2D eigenvalue weighted by molar-refractivity contribution is 5.73. The van der Waals surface area contributed by atoms with Crippen molar-refractivity contribution in [3.05, 3.63) is 17.6 Å². The summed E-state index contributed by atoms with van der Waals surface area (Å²) < 4.78 is 38.2. The highest BCUT2D eigenvalue weighted by atomic mass is 19.4.